The Kier molecular flexibility index (Phi) is 5.63. The number of nitro groups is 1. The predicted octanol–water partition coefficient (Wildman–Crippen LogP) is 1.94. The largest absolute Gasteiger partial charge is 0.452 e. The van der Waals surface area contributed by atoms with E-state index in [1.807, 2.05) is 0 Å². The van der Waals surface area contributed by atoms with E-state index in [-0.39, 0.29) is 23.4 Å². The zero-order valence-corrected chi connectivity index (χ0v) is 15.2. The van der Waals surface area contributed by atoms with Crippen LogP contribution in [-0.2, 0) is 20.7 Å². The number of anilines is 1. The number of rotatable bonds is 6. The van der Waals surface area contributed by atoms with Gasteiger partial charge in [-0.15, -0.1) is 0 Å². The summed E-state index contributed by atoms with van der Waals surface area (Å²) in [4.78, 5) is 46.5. The van der Waals surface area contributed by atoms with E-state index in [2.05, 4.69) is 15.5 Å². The predicted molar refractivity (Wildman–Crippen MR) is 103 cm³/mol. The van der Waals surface area contributed by atoms with Crippen LogP contribution in [0.25, 0.3) is 10.8 Å². The van der Waals surface area contributed by atoms with Gasteiger partial charge in [-0.1, -0.05) is 24.3 Å². The molecule has 0 saturated heterocycles. The highest BCUT2D eigenvalue weighted by molar-refractivity contribution is 5.95. The molecule has 2 N–H and O–H groups in total. The molecule has 0 aliphatic carbocycles. The monoisotopic (exact) mass is 396 g/mol. The average molecular weight is 396 g/mol. The molecule has 0 fully saturated rings. The van der Waals surface area contributed by atoms with Gasteiger partial charge in [-0.25, -0.2) is 5.10 Å². The summed E-state index contributed by atoms with van der Waals surface area (Å²) in [5.74, 6) is -1.35. The molecule has 29 heavy (non-hydrogen) atoms. The number of nitrogens with zero attached hydrogens (tertiary/aromatic N) is 2. The van der Waals surface area contributed by atoms with Crippen molar-refractivity contribution in [2.45, 2.75) is 19.4 Å². The van der Waals surface area contributed by atoms with Crippen molar-refractivity contribution >= 4 is 34.0 Å². The first-order valence-corrected chi connectivity index (χ1v) is 8.56. The fraction of sp³-hybridized carbons (Fsp3) is 0.158. The van der Waals surface area contributed by atoms with Crippen LogP contribution in [0.5, 0.6) is 0 Å². The molecule has 0 bridgehead atoms. The summed E-state index contributed by atoms with van der Waals surface area (Å²) in [6.45, 7) is 1.38. The number of amides is 1. The number of aromatic amines is 1. The van der Waals surface area contributed by atoms with Gasteiger partial charge in [0.15, 0.2) is 6.10 Å². The Morgan fingerprint density at radius 1 is 1.21 bits per heavy atom. The second-order valence-electron chi connectivity index (χ2n) is 6.15. The molecule has 1 atom stereocenters. The second kappa shape index (κ2) is 8.30. The summed E-state index contributed by atoms with van der Waals surface area (Å²) >= 11 is 0. The van der Waals surface area contributed by atoms with Crippen molar-refractivity contribution in [3.05, 3.63) is 74.7 Å². The van der Waals surface area contributed by atoms with Crippen LogP contribution in [0.4, 0.5) is 11.4 Å². The maximum Gasteiger partial charge on any atom is 0.312 e. The molecule has 0 aliphatic rings. The number of ether oxygens (including phenoxy) is 1. The maximum absolute atomic E-state index is 12.2. The molecular formula is C19H16N4O6. The number of hydrogen-bond donors (Lipinski definition) is 2. The van der Waals surface area contributed by atoms with Crippen molar-refractivity contribution in [1.82, 2.24) is 10.2 Å². The quantitative estimate of drug-likeness (QED) is 0.368. The number of nitro benzene ring substituents is 1. The fourth-order valence-electron chi connectivity index (χ4n) is 2.68. The highest BCUT2D eigenvalue weighted by atomic mass is 16.6. The number of aromatic nitrogens is 2. The number of carbonyl (C=O) groups excluding carboxylic acids is 2. The zero-order chi connectivity index (χ0) is 21.0. The van der Waals surface area contributed by atoms with Crippen LogP contribution in [0.3, 0.4) is 0 Å². The van der Waals surface area contributed by atoms with Crippen molar-refractivity contribution in [3.8, 4) is 0 Å². The minimum atomic E-state index is -1.14. The lowest BCUT2D eigenvalue weighted by Crippen LogP contribution is -2.30. The number of hydrogen-bond acceptors (Lipinski definition) is 7. The number of fused-ring (bicyclic) bond motifs is 1. The Balaban J connectivity index is 1.66. The van der Waals surface area contributed by atoms with Gasteiger partial charge in [0.25, 0.3) is 17.2 Å². The standard InChI is InChI=1S/C19H16N4O6/c1-11(18(25)20-12-5-4-6-13(9-12)23(27)28)29-17(24)10-16-14-7-2-3-8-15(14)19(26)22-21-16/h2-9,11H,10H2,1H3,(H,20,25)(H,22,26)/t11-/m1/s1. The van der Waals surface area contributed by atoms with E-state index in [0.29, 0.717) is 16.5 Å². The number of non-ortho nitro benzene ring substituents is 1. The molecule has 0 spiro atoms. The van der Waals surface area contributed by atoms with E-state index in [1.54, 1.807) is 24.3 Å². The minimum absolute atomic E-state index is 0.177. The van der Waals surface area contributed by atoms with Crippen LogP contribution in [-0.4, -0.2) is 33.1 Å². The van der Waals surface area contributed by atoms with Crippen LogP contribution in [0.15, 0.2) is 53.3 Å². The molecular weight excluding hydrogens is 380 g/mol. The molecule has 0 unspecified atom stereocenters. The normalized spacial score (nSPS) is 11.6. The van der Waals surface area contributed by atoms with E-state index in [4.69, 9.17) is 4.74 Å². The van der Waals surface area contributed by atoms with Crippen molar-refractivity contribution in [1.29, 1.82) is 0 Å². The van der Waals surface area contributed by atoms with Crippen LogP contribution in [0, 0.1) is 10.1 Å². The van der Waals surface area contributed by atoms with E-state index >= 15 is 0 Å². The van der Waals surface area contributed by atoms with Crippen molar-refractivity contribution in [2.75, 3.05) is 5.32 Å². The molecule has 2 aromatic carbocycles. The van der Waals surface area contributed by atoms with Gasteiger partial charge >= 0.3 is 5.97 Å². The van der Waals surface area contributed by atoms with Crippen molar-refractivity contribution in [3.63, 3.8) is 0 Å². The summed E-state index contributed by atoms with van der Waals surface area (Å²) < 4.78 is 5.13. The molecule has 0 aliphatic heterocycles. The molecule has 0 saturated carbocycles. The summed E-state index contributed by atoms with van der Waals surface area (Å²) in [5.41, 5.74) is -0.0252. The first kappa shape index (κ1) is 19.7. The molecule has 3 aromatic rings. The Morgan fingerprint density at radius 2 is 1.93 bits per heavy atom. The van der Waals surface area contributed by atoms with Gasteiger partial charge in [-0.2, -0.15) is 5.10 Å². The van der Waals surface area contributed by atoms with Crippen LogP contribution in [0.1, 0.15) is 12.6 Å². The lowest BCUT2D eigenvalue weighted by atomic mass is 10.1. The van der Waals surface area contributed by atoms with Gasteiger partial charge in [0.1, 0.15) is 0 Å². The first-order chi connectivity index (χ1) is 13.8. The molecule has 1 aromatic heterocycles. The molecule has 0 radical (unpaired) electrons. The zero-order valence-electron chi connectivity index (χ0n) is 15.2. The number of carbonyl (C=O) groups is 2. The summed E-state index contributed by atoms with van der Waals surface area (Å²) in [6, 6.07) is 12.1. The third kappa shape index (κ3) is 4.61. The SMILES string of the molecule is C[C@@H](OC(=O)Cc1n[nH]c(=O)c2ccccc12)C(=O)Nc1cccc([N+](=O)[O-])c1. The third-order valence-corrected chi connectivity index (χ3v) is 4.09. The average Bonchev–Trinajstić information content (AvgIpc) is 2.70. The lowest BCUT2D eigenvalue weighted by Gasteiger charge is -2.13. The van der Waals surface area contributed by atoms with Gasteiger partial charge in [0.05, 0.1) is 22.4 Å². The molecule has 1 heterocycles. The number of H-pyrrole nitrogens is 1. The topological polar surface area (TPSA) is 144 Å². The molecule has 1 amide bonds. The van der Waals surface area contributed by atoms with E-state index < -0.39 is 22.9 Å². The summed E-state index contributed by atoms with van der Waals surface area (Å²) in [5, 5.41) is 20.4. The van der Waals surface area contributed by atoms with Crippen LogP contribution >= 0.6 is 0 Å². The van der Waals surface area contributed by atoms with Crippen molar-refractivity contribution in [2.24, 2.45) is 0 Å². The molecule has 148 valence electrons. The number of esters is 1. The number of nitrogens with one attached hydrogen (secondary N) is 2. The molecule has 10 heteroatoms. The van der Waals surface area contributed by atoms with Gasteiger partial charge in [-0.3, -0.25) is 24.5 Å². The Labute approximate surface area is 163 Å². The maximum atomic E-state index is 12.2. The van der Waals surface area contributed by atoms with Gasteiger partial charge < -0.3 is 10.1 Å². The molecule has 3 rings (SSSR count). The highest BCUT2D eigenvalue weighted by Crippen LogP contribution is 2.18. The highest BCUT2D eigenvalue weighted by Gasteiger charge is 2.20. The third-order valence-electron chi connectivity index (χ3n) is 4.09. The lowest BCUT2D eigenvalue weighted by molar-refractivity contribution is -0.384. The van der Waals surface area contributed by atoms with E-state index in [9.17, 15) is 24.5 Å². The smallest absolute Gasteiger partial charge is 0.312 e. The molecule has 10 nitrogen and oxygen atoms in total. The summed E-state index contributed by atoms with van der Waals surface area (Å²) in [6.07, 6.45) is -1.39. The van der Waals surface area contributed by atoms with Crippen LogP contribution < -0.4 is 10.9 Å². The Hall–Kier alpha value is -4.08. The van der Waals surface area contributed by atoms with Crippen LogP contribution in [0.2, 0.25) is 0 Å². The van der Waals surface area contributed by atoms with Crippen molar-refractivity contribution < 1.29 is 19.2 Å². The van der Waals surface area contributed by atoms with Gasteiger partial charge in [-0.05, 0) is 19.1 Å². The summed E-state index contributed by atoms with van der Waals surface area (Å²) in [7, 11) is 0. The fourth-order valence-corrected chi connectivity index (χ4v) is 2.68. The van der Waals surface area contributed by atoms with E-state index in [1.165, 1.54) is 31.2 Å². The van der Waals surface area contributed by atoms with Gasteiger partial charge in [0.2, 0.25) is 0 Å². The van der Waals surface area contributed by atoms with Gasteiger partial charge in [0, 0.05) is 23.2 Å². The first-order valence-electron chi connectivity index (χ1n) is 8.56. The minimum Gasteiger partial charge on any atom is -0.452 e. The Morgan fingerprint density at radius 3 is 2.66 bits per heavy atom. The number of benzene rings is 2. The Bertz CT molecular complexity index is 1160. The second-order valence-corrected chi connectivity index (χ2v) is 6.15. The van der Waals surface area contributed by atoms with E-state index in [0.717, 1.165) is 0 Å².